The Morgan fingerprint density at radius 3 is 2.33 bits per heavy atom. The number of hydrogen-bond acceptors (Lipinski definition) is 3. The molecule has 1 aromatic rings. The summed E-state index contributed by atoms with van der Waals surface area (Å²) < 4.78 is 0. The van der Waals surface area contributed by atoms with Crippen LogP contribution in [0.15, 0.2) is 36.4 Å². The highest BCUT2D eigenvalue weighted by atomic mass is 16.3. The highest BCUT2D eigenvalue weighted by molar-refractivity contribution is 6.03. The second kappa shape index (κ2) is 4.95. The summed E-state index contributed by atoms with van der Waals surface area (Å²) in [5, 5.41) is 11.5. The number of carbonyl (C=O) groups is 2. The molecule has 0 fully saturated rings. The first-order valence-electron chi connectivity index (χ1n) is 4.36. The summed E-state index contributed by atoms with van der Waals surface area (Å²) in [6.45, 7) is 1.37. The molecule has 0 saturated heterocycles. The molecule has 0 saturated carbocycles. The van der Waals surface area contributed by atoms with E-state index in [2.05, 4.69) is 5.32 Å². The van der Waals surface area contributed by atoms with Gasteiger partial charge in [-0.25, -0.2) is 0 Å². The fraction of sp³-hybridized carbons (Fsp3) is 0.0909. The van der Waals surface area contributed by atoms with Crippen LogP contribution in [0.25, 0.3) is 0 Å². The van der Waals surface area contributed by atoms with Gasteiger partial charge in [0.15, 0.2) is 5.78 Å². The van der Waals surface area contributed by atoms with Gasteiger partial charge in [-0.05, 0) is 37.3 Å². The Bertz CT molecular complexity index is 393. The summed E-state index contributed by atoms with van der Waals surface area (Å²) in [4.78, 5) is 21.7. The van der Waals surface area contributed by atoms with Crippen LogP contribution in [0.3, 0.4) is 0 Å². The Morgan fingerprint density at radius 2 is 1.80 bits per heavy atom. The number of allylic oxidation sites excluding steroid dienone is 1. The number of anilines is 1. The van der Waals surface area contributed by atoms with Crippen LogP contribution in [0, 0.1) is 0 Å². The van der Waals surface area contributed by atoms with Gasteiger partial charge in [0.1, 0.15) is 5.75 Å². The van der Waals surface area contributed by atoms with Crippen molar-refractivity contribution in [2.24, 2.45) is 0 Å². The highest BCUT2D eigenvalue weighted by Gasteiger charge is 1.97. The van der Waals surface area contributed by atoms with Crippen molar-refractivity contribution >= 4 is 17.4 Å². The van der Waals surface area contributed by atoms with Crippen LogP contribution in [0.1, 0.15) is 6.92 Å². The molecule has 0 atom stereocenters. The molecule has 0 aliphatic rings. The summed E-state index contributed by atoms with van der Waals surface area (Å²) in [7, 11) is 0. The van der Waals surface area contributed by atoms with Gasteiger partial charge in [0, 0.05) is 11.8 Å². The van der Waals surface area contributed by atoms with Crippen molar-refractivity contribution in [3.63, 3.8) is 0 Å². The van der Waals surface area contributed by atoms with Gasteiger partial charge >= 0.3 is 0 Å². The zero-order chi connectivity index (χ0) is 11.3. The molecule has 0 aliphatic carbocycles. The molecule has 1 aromatic carbocycles. The van der Waals surface area contributed by atoms with Crippen molar-refractivity contribution in [1.29, 1.82) is 0 Å². The van der Waals surface area contributed by atoms with E-state index in [-0.39, 0.29) is 17.4 Å². The van der Waals surface area contributed by atoms with E-state index < -0.39 is 0 Å². The number of amides is 1. The first kappa shape index (κ1) is 11.0. The van der Waals surface area contributed by atoms with Crippen LogP contribution in [-0.4, -0.2) is 16.8 Å². The molecular weight excluding hydrogens is 194 g/mol. The van der Waals surface area contributed by atoms with Gasteiger partial charge in [-0.1, -0.05) is 0 Å². The molecule has 0 aromatic heterocycles. The lowest BCUT2D eigenvalue weighted by molar-refractivity contribution is -0.114. The fourth-order valence-corrected chi connectivity index (χ4v) is 0.922. The summed E-state index contributed by atoms with van der Waals surface area (Å²) in [6, 6.07) is 6.05. The Labute approximate surface area is 87.2 Å². The smallest absolute Gasteiger partial charge is 0.248 e. The fourth-order valence-electron chi connectivity index (χ4n) is 0.922. The second-order valence-electron chi connectivity index (χ2n) is 2.98. The SMILES string of the molecule is CC(=O)/C=C\C(=O)Nc1ccc(O)cc1. The number of phenolic OH excluding ortho intramolecular Hbond substituents is 1. The molecule has 0 spiro atoms. The Hall–Kier alpha value is -2.10. The maximum absolute atomic E-state index is 11.2. The lowest BCUT2D eigenvalue weighted by atomic mass is 10.3. The standard InChI is InChI=1S/C11H11NO3/c1-8(13)2-7-11(15)12-9-3-5-10(14)6-4-9/h2-7,14H,1H3,(H,12,15)/b7-2-. The number of rotatable bonds is 3. The van der Waals surface area contributed by atoms with E-state index in [1.165, 1.54) is 25.1 Å². The second-order valence-corrected chi connectivity index (χ2v) is 2.98. The van der Waals surface area contributed by atoms with E-state index in [4.69, 9.17) is 5.11 Å². The first-order valence-corrected chi connectivity index (χ1v) is 4.36. The van der Waals surface area contributed by atoms with E-state index in [1.807, 2.05) is 0 Å². The number of hydrogen-bond donors (Lipinski definition) is 2. The van der Waals surface area contributed by atoms with Crippen LogP contribution >= 0.6 is 0 Å². The van der Waals surface area contributed by atoms with E-state index >= 15 is 0 Å². The van der Waals surface area contributed by atoms with Gasteiger partial charge in [0.05, 0.1) is 0 Å². The lowest BCUT2D eigenvalue weighted by Gasteiger charge is -2.01. The van der Waals surface area contributed by atoms with Gasteiger partial charge in [0.2, 0.25) is 5.91 Å². The van der Waals surface area contributed by atoms with Gasteiger partial charge in [-0.3, -0.25) is 9.59 Å². The van der Waals surface area contributed by atoms with E-state index in [0.29, 0.717) is 5.69 Å². The predicted molar refractivity (Wildman–Crippen MR) is 56.6 cm³/mol. The molecule has 0 heterocycles. The maximum atomic E-state index is 11.2. The van der Waals surface area contributed by atoms with Crippen LogP contribution in [0.4, 0.5) is 5.69 Å². The largest absolute Gasteiger partial charge is 0.508 e. The molecule has 0 radical (unpaired) electrons. The molecule has 4 nitrogen and oxygen atoms in total. The third-order valence-electron chi connectivity index (χ3n) is 1.60. The number of aromatic hydroxyl groups is 1. The Morgan fingerprint density at radius 1 is 1.20 bits per heavy atom. The van der Waals surface area contributed by atoms with Gasteiger partial charge in [-0.2, -0.15) is 0 Å². The van der Waals surface area contributed by atoms with E-state index in [9.17, 15) is 9.59 Å². The molecule has 0 bridgehead atoms. The van der Waals surface area contributed by atoms with Crippen molar-refractivity contribution in [1.82, 2.24) is 0 Å². The van der Waals surface area contributed by atoms with E-state index in [0.717, 1.165) is 6.08 Å². The third kappa shape index (κ3) is 4.08. The molecule has 2 N–H and O–H groups in total. The molecule has 0 aliphatic heterocycles. The quantitative estimate of drug-likeness (QED) is 0.580. The predicted octanol–water partition coefficient (Wildman–Crippen LogP) is 1.48. The molecular formula is C11H11NO3. The minimum Gasteiger partial charge on any atom is -0.508 e. The Balaban J connectivity index is 2.59. The normalized spacial score (nSPS) is 10.2. The van der Waals surface area contributed by atoms with Crippen LogP contribution < -0.4 is 5.32 Å². The summed E-state index contributed by atoms with van der Waals surface area (Å²) in [6.07, 6.45) is 2.35. The monoisotopic (exact) mass is 205 g/mol. The van der Waals surface area contributed by atoms with Crippen molar-refractivity contribution in [3.05, 3.63) is 36.4 Å². The van der Waals surface area contributed by atoms with Gasteiger partial charge < -0.3 is 10.4 Å². The molecule has 15 heavy (non-hydrogen) atoms. The number of ketones is 1. The van der Waals surface area contributed by atoms with Crippen LogP contribution in [0.5, 0.6) is 5.75 Å². The van der Waals surface area contributed by atoms with Gasteiger partial charge in [0.25, 0.3) is 0 Å². The van der Waals surface area contributed by atoms with Crippen LogP contribution in [0.2, 0.25) is 0 Å². The van der Waals surface area contributed by atoms with Gasteiger partial charge in [-0.15, -0.1) is 0 Å². The van der Waals surface area contributed by atoms with Crippen molar-refractivity contribution in [2.45, 2.75) is 6.92 Å². The third-order valence-corrected chi connectivity index (χ3v) is 1.60. The molecule has 4 heteroatoms. The zero-order valence-electron chi connectivity index (χ0n) is 8.23. The summed E-state index contributed by atoms with van der Waals surface area (Å²) in [5.41, 5.74) is 0.561. The maximum Gasteiger partial charge on any atom is 0.248 e. The molecule has 1 amide bonds. The molecule has 0 unspecified atom stereocenters. The number of nitrogens with one attached hydrogen (secondary N) is 1. The highest BCUT2D eigenvalue weighted by Crippen LogP contribution is 2.13. The van der Waals surface area contributed by atoms with E-state index in [1.54, 1.807) is 12.1 Å². The summed E-state index contributed by atoms with van der Waals surface area (Å²) in [5.74, 6) is -0.431. The average Bonchev–Trinajstić information content (AvgIpc) is 2.19. The number of benzene rings is 1. The first-order chi connectivity index (χ1) is 7.08. The lowest BCUT2D eigenvalue weighted by Crippen LogP contribution is -2.08. The Kier molecular flexibility index (Phi) is 3.62. The zero-order valence-corrected chi connectivity index (χ0v) is 8.23. The van der Waals surface area contributed by atoms with Crippen molar-refractivity contribution < 1.29 is 14.7 Å². The minimum atomic E-state index is -0.379. The minimum absolute atomic E-state index is 0.132. The number of phenols is 1. The topological polar surface area (TPSA) is 66.4 Å². The van der Waals surface area contributed by atoms with Crippen molar-refractivity contribution in [3.8, 4) is 5.75 Å². The summed E-state index contributed by atoms with van der Waals surface area (Å²) >= 11 is 0. The number of carbonyl (C=O) groups excluding carboxylic acids is 2. The van der Waals surface area contributed by atoms with Crippen molar-refractivity contribution in [2.75, 3.05) is 5.32 Å². The molecule has 1 rings (SSSR count). The van der Waals surface area contributed by atoms with Crippen LogP contribution in [-0.2, 0) is 9.59 Å². The molecule has 78 valence electrons. The average molecular weight is 205 g/mol.